The molecule has 0 spiro atoms. The molecule has 4 aromatic carbocycles. The molecular weight excluding hydrogens is 745 g/mol. The van der Waals surface area contributed by atoms with E-state index in [9.17, 15) is 0 Å². The fourth-order valence-electron chi connectivity index (χ4n) is 8.50. The Morgan fingerprint density at radius 1 is 0.317 bits per heavy atom. The van der Waals surface area contributed by atoms with Crippen molar-refractivity contribution in [2.24, 2.45) is 22.9 Å². The molecule has 0 unspecified atom stereocenters. The molecule has 1 aliphatic carbocycles. The first-order chi connectivity index (χ1) is 29.4. The number of unbranched alkanes of at least 4 members (excludes halogenated alkanes) is 8. The predicted octanol–water partition coefficient (Wildman–Crippen LogP) is 10.5. The van der Waals surface area contributed by atoms with Gasteiger partial charge in [0.1, 0.15) is 23.0 Å². The molecule has 0 aromatic heterocycles. The van der Waals surface area contributed by atoms with E-state index in [-0.39, 0.29) is 0 Å². The molecule has 0 saturated carbocycles. The molecule has 328 valence electrons. The topological polar surface area (TPSA) is 141 Å². The van der Waals surface area contributed by atoms with Crippen LogP contribution in [0.2, 0.25) is 0 Å². The van der Waals surface area contributed by atoms with Gasteiger partial charge in [0.15, 0.2) is 0 Å². The van der Waals surface area contributed by atoms with Gasteiger partial charge in [0, 0.05) is 51.9 Å². The number of fused-ring (bicyclic) bond motifs is 8. The molecule has 8 nitrogen and oxygen atoms in total. The molecule has 0 fully saturated rings. The van der Waals surface area contributed by atoms with Crippen molar-refractivity contribution < 1.29 is 18.9 Å². The van der Waals surface area contributed by atoms with Crippen molar-refractivity contribution >= 4 is 0 Å². The van der Waals surface area contributed by atoms with Crippen LogP contribution in [0.4, 0.5) is 0 Å². The lowest BCUT2D eigenvalue weighted by Crippen LogP contribution is -2.13. The second kappa shape index (κ2) is 25.0. The first-order valence-electron chi connectivity index (χ1n) is 23.3. The highest BCUT2D eigenvalue weighted by Crippen LogP contribution is 2.41. The van der Waals surface area contributed by atoms with Crippen LogP contribution in [0.25, 0.3) is 0 Å². The van der Waals surface area contributed by atoms with Crippen molar-refractivity contribution in [3.8, 4) is 23.0 Å². The summed E-state index contributed by atoms with van der Waals surface area (Å²) in [7, 11) is 0. The lowest BCUT2D eigenvalue weighted by molar-refractivity contribution is 0.294. The summed E-state index contributed by atoms with van der Waals surface area (Å²) in [5.74, 6) is 3.68. The maximum atomic E-state index is 6.91. The average Bonchev–Trinajstić information content (AvgIpc) is 3.25. The number of rotatable bonds is 24. The molecule has 0 saturated heterocycles. The van der Waals surface area contributed by atoms with Crippen molar-refractivity contribution in [3.05, 3.63) is 115 Å². The second-order valence-electron chi connectivity index (χ2n) is 16.7. The Hall–Kier alpha value is -4.08. The van der Waals surface area contributed by atoms with Crippen LogP contribution in [0.5, 0.6) is 23.0 Å². The normalized spacial score (nSPS) is 12.4. The molecule has 8 heteroatoms. The molecule has 60 heavy (non-hydrogen) atoms. The van der Waals surface area contributed by atoms with E-state index in [1.807, 2.05) is 0 Å². The number of nitrogens with two attached hydrogens (primary N) is 4. The van der Waals surface area contributed by atoms with Gasteiger partial charge in [-0.25, -0.2) is 0 Å². The Bertz CT molecular complexity index is 1570. The van der Waals surface area contributed by atoms with Crippen LogP contribution in [0, 0.1) is 0 Å². The van der Waals surface area contributed by atoms with Gasteiger partial charge in [0.2, 0.25) is 0 Å². The van der Waals surface area contributed by atoms with Gasteiger partial charge in [-0.3, -0.25) is 0 Å². The van der Waals surface area contributed by atoms with E-state index in [4.69, 9.17) is 41.9 Å². The minimum Gasteiger partial charge on any atom is -0.493 e. The summed E-state index contributed by atoms with van der Waals surface area (Å²) in [6.07, 6.45) is 15.3. The third kappa shape index (κ3) is 13.0. The second-order valence-corrected chi connectivity index (χ2v) is 16.7. The summed E-state index contributed by atoms with van der Waals surface area (Å²) < 4.78 is 27.6. The molecule has 8 bridgehead atoms. The summed E-state index contributed by atoms with van der Waals surface area (Å²) >= 11 is 0. The smallest absolute Gasteiger partial charge is 0.126 e. The highest BCUT2D eigenvalue weighted by molar-refractivity contribution is 5.58. The first-order valence-corrected chi connectivity index (χ1v) is 23.3. The zero-order valence-corrected chi connectivity index (χ0v) is 37.5. The van der Waals surface area contributed by atoms with Gasteiger partial charge < -0.3 is 41.9 Å². The van der Waals surface area contributed by atoms with Gasteiger partial charge in [0.05, 0.1) is 26.4 Å². The third-order valence-electron chi connectivity index (χ3n) is 11.7. The summed E-state index contributed by atoms with van der Waals surface area (Å²) in [5, 5.41) is 0. The lowest BCUT2D eigenvalue weighted by atomic mass is 9.88. The quantitative estimate of drug-likeness (QED) is 0.0451. The number of hydrogen-bond donors (Lipinski definition) is 4. The lowest BCUT2D eigenvalue weighted by Gasteiger charge is -2.25. The van der Waals surface area contributed by atoms with E-state index >= 15 is 0 Å². The molecule has 0 radical (unpaired) electrons. The Kier molecular flexibility index (Phi) is 19.6. The summed E-state index contributed by atoms with van der Waals surface area (Å²) in [6, 6.07) is 17.9. The molecule has 5 rings (SSSR count). The van der Waals surface area contributed by atoms with Crippen LogP contribution in [0.3, 0.4) is 0 Å². The molecule has 0 amide bonds. The van der Waals surface area contributed by atoms with Crippen molar-refractivity contribution in [3.63, 3.8) is 0 Å². The van der Waals surface area contributed by atoms with E-state index in [1.54, 1.807) is 0 Å². The Labute approximate surface area is 362 Å². The van der Waals surface area contributed by atoms with E-state index in [0.717, 1.165) is 167 Å². The molecule has 0 heterocycles. The van der Waals surface area contributed by atoms with Gasteiger partial charge in [-0.15, -0.1) is 0 Å². The minimum absolute atomic E-state index is 0.415. The van der Waals surface area contributed by atoms with Gasteiger partial charge in [0.25, 0.3) is 0 Å². The summed E-state index contributed by atoms with van der Waals surface area (Å²) in [5.41, 5.74) is 39.1. The Balaban J connectivity index is 1.84. The molecule has 0 atom stereocenters. The number of hydrogen-bond acceptors (Lipinski definition) is 8. The maximum Gasteiger partial charge on any atom is 0.126 e. The van der Waals surface area contributed by atoms with E-state index < -0.39 is 0 Å². The summed E-state index contributed by atoms with van der Waals surface area (Å²) in [4.78, 5) is 0. The number of benzene rings is 4. The maximum absolute atomic E-state index is 6.91. The van der Waals surface area contributed by atoms with Crippen LogP contribution in [0.1, 0.15) is 172 Å². The Morgan fingerprint density at radius 2 is 0.500 bits per heavy atom. The largest absolute Gasteiger partial charge is 0.493 e. The molecular formula is C52H76N4O4. The van der Waals surface area contributed by atoms with Crippen LogP contribution in [-0.4, -0.2) is 26.4 Å². The van der Waals surface area contributed by atoms with Crippen LogP contribution in [-0.2, 0) is 51.9 Å². The highest BCUT2D eigenvalue weighted by Gasteiger charge is 2.24. The van der Waals surface area contributed by atoms with Crippen molar-refractivity contribution in [2.75, 3.05) is 26.4 Å². The van der Waals surface area contributed by atoms with Gasteiger partial charge in [-0.1, -0.05) is 128 Å². The monoisotopic (exact) mass is 821 g/mol. The van der Waals surface area contributed by atoms with Gasteiger partial charge in [-0.2, -0.15) is 0 Å². The zero-order chi connectivity index (χ0) is 42.7. The fraction of sp³-hybridized carbons (Fsp3) is 0.538. The summed E-state index contributed by atoms with van der Waals surface area (Å²) in [6.45, 7) is 13.1. The average molecular weight is 821 g/mol. The van der Waals surface area contributed by atoms with Gasteiger partial charge >= 0.3 is 0 Å². The minimum atomic E-state index is 0.415. The molecule has 1 aliphatic rings. The molecule has 8 N–H and O–H groups in total. The van der Waals surface area contributed by atoms with Crippen LogP contribution in [0.15, 0.2) is 48.5 Å². The molecule has 0 aliphatic heterocycles. The SMILES string of the molecule is CCCCCOc1c2cc(CN)cc1Cc1cc(CN)cc(c1OCCCCC)Cc1cc(CN)cc(c1OCCCCC)Cc1cc(CN)cc(c1OCCCCC)C2. The predicted molar refractivity (Wildman–Crippen MR) is 249 cm³/mol. The third-order valence-corrected chi connectivity index (χ3v) is 11.7. The van der Waals surface area contributed by atoms with E-state index in [1.165, 1.54) is 0 Å². The van der Waals surface area contributed by atoms with Crippen LogP contribution >= 0.6 is 0 Å². The fourth-order valence-corrected chi connectivity index (χ4v) is 8.50. The van der Waals surface area contributed by atoms with E-state index in [0.29, 0.717) is 78.3 Å². The zero-order valence-electron chi connectivity index (χ0n) is 37.5. The van der Waals surface area contributed by atoms with Crippen molar-refractivity contribution in [2.45, 2.75) is 157 Å². The Morgan fingerprint density at radius 3 is 0.650 bits per heavy atom. The van der Waals surface area contributed by atoms with Crippen LogP contribution < -0.4 is 41.9 Å². The highest BCUT2D eigenvalue weighted by atomic mass is 16.5. The van der Waals surface area contributed by atoms with Gasteiger partial charge in [-0.05, 0) is 92.4 Å². The molecule has 4 aromatic rings. The van der Waals surface area contributed by atoms with E-state index in [2.05, 4.69) is 76.2 Å². The van der Waals surface area contributed by atoms with Crippen molar-refractivity contribution in [1.29, 1.82) is 0 Å². The first kappa shape index (κ1) is 47.0. The standard InChI is InChI=1S/C52H76N4O4/c1-5-9-13-17-57-49-41-21-37(33-53)22-42(49)30-44-24-39(35-55)26-46(51(44)59-19-15-11-7-3)32-48-28-40(36-56)27-47(52(48)60-20-16-12-8-4)31-45-25-38(34-54)23-43(29-41)50(45)58-18-14-10-6-2/h21-28H,5-20,29-36,53-56H2,1-4H3. The number of ether oxygens (including phenoxy) is 4. The van der Waals surface area contributed by atoms with Crippen molar-refractivity contribution in [1.82, 2.24) is 0 Å².